The van der Waals surface area contributed by atoms with E-state index in [2.05, 4.69) is 12.2 Å². The third-order valence-corrected chi connectivity index (χ3v) is 1.96. The third kappa shape index (κ3) is 2.72. The molecule has 0 aliphatic rings. The SMILES string of the molecule is CCCc1ccc(F)cc1NCC. The van der Waals surface area contributed by atoms with Gasteiger partial charge in [0.1, 0.15) is 5.82 Å². The van der Waals surface area contributed by atoms with Gasteiger partial charge in [0.05, 0.1) is 0 Å². The van der Waals surface area contributed by atoms with Gasteiger partial charge in [-0.05, 0) is 31.0 Å². The van der Waals surface area contributed by atoms with Crippen molar-refractivity contribution >= 4 is 5.69 Å². The standard InChI is InChI=1S/C11H16FN/c1-3-5-9-6-7-10(12)8-11(9)13-4-2/h6-8,13H,3-5H2,1-2H3. The third-order valence-electron chi connectivity index (χ3n) is 1.96. The second-order valence-corrected chi connectivity index (χ2v) is 3.08. The van der Waals surface area contributed by atoms with E-state index in [9.17, 15) is 4.39 Å². The van der Waals surface area contributed by atoms with E-state index in [0.29, 0.717) is 0 Å². The van der Waals surface area contributed by atoms with Crippen molar-refractivity contribution in [3.63, 3.8) is 0 Å². The van der Waals surface area contributed by atoms with Crippen LogP contribution < -0.4 is 5.32 Å². The molecule has 0 saturated heterocycles. The molecule has 72 valence electrons. The Morgan fingerprint density at radius 3 is 2.69 bits per heavy atom. The van der Waals surface area contributed by atoms with Crippen molar-refractivity contribution < 1.29 is 4.39 Å². The highest BCUT2D eigenvalue weighted by molar-refractivity contribution is 5.51. The lowest BCUT2D eigenvalue weighted by atomic mass is 10.1. The van der Waals surface area contributed by atoms with E-state index in [4.69, 9.17) is 0 Å². The van der Waals surface area contributed by atoms with E-state index in [-0.39, 0.29) is 5.82 Å². The minimum Gasteiger partial charge on any atom is -0.385 e. The van der Waals surface area contributed by atoms with Crippen LogP contribution in [0.1, 0.15) is 25.8 Å². The monoisotopic (exact) mass is 181 g/mol. The van der Waals surface area contributed by atoms with Crippen LogP contribution in [-0.2, 0) is 6.42 Å². The molecule has 0 saturated carbocycles. The smallest absolute Gasteiger partial charge is 0.125 e. The molecule has 0 radical (unpaired) electrons. The first kappa shape index (κ1) is 10.0. The second-order valence-electron chi connectivity index (χ2n) is 3.08. The molecule has 13 heavy (non-hydrogen) atoms. The predicted molar refractivity (Wildman–Crippen MR) is 54.6 cm³/mol. The predicted octanol–water partition coefficient (Wildman–Crippen LogP) is 3.21. The Labute approximate surface area is 79.0 Å². The molecule has 1 nitrogen and oxygen atoms in total. The van der Waals surface area contributed by atoms with Gasteiger partial charge in [-0.1, -0.05) is 19.4 Å². The maximum atomic E-state index is 12.9. The number of hydrogen-bond acceptors (Lipinski definition) is 1. The second kappa shape index (κ2) is 4.85. The van der Waals surface area contributed by atoms with Crippen molar-refractivity contribution in [3.05, 3.63) is 29.6 Å². The summed E-state index contributed by atoms with van der Waals surface area (Å²) in [5.41, 5.74) is 2.13. The Kier molecular flexibility index (Phi) is 3.74. The Hall–Kier alpha value is -1.05. The number of benzene rings is 1. The summed E-state index contributed by atoms with van der Waals surface area (Å²) in [6.07, 6.45) is 2.09. The van der Waals surface area contributed by atoms with Gasteiger partial charge in [0.25, 0.3) is 0 Å². The summed E-state index contributed by atoms with van der Waals surface area (Å²) in [4.78, 5) is 0. The molecule has 2 heteroatoms. The van der Waals surface area contributed by atoms with Crippen LogP contribution in [0.15, 0.2) is 18.2 Å². The molecule has 0 aromatic heterocycles. The highest BCUT2D eigenvalue weighted by atomic mass is 19.1. The Morgan fingerprint density at radius 1 is 1.31 bits per heavy atom. The Morgan fingerprint density at radius 2 is 2.08 bits per heavy atom. The fourth-order valence-electron chi connectivity index (χ4n) is 1.39. The molecular weight excluding hydrogens is 165 g/mol. The van der Waals surface area contributed by atoms with E-state index < -0.39 is 0 Å². The number of halogens is 1. The van der Waals surface area contributed by atoms with Gasteiger partial charge in [0, 0.05) is 12.2 Å². The molecule has 0 fully saturated rings. The van der Waals surface area contributed by atoms with Gasteiger partial charge in [0.15, 0.2) is 0 Å². The van der Waals surface area contributed by atoms with Crippen molar-refractivity contribution in [1.82, 2.24) is 0 Å². The highest BCUT2D eigenvalue weighted by Gasteiger charge is 2.01. The zero-order valence-corrected chi connectivity index (χ0v) is 8.23. The lowest BCUT2D eigenvalue weighted by Gasteiger charge is -2.09. The number of nitrogens with one attached hydrogen (secondary N) is 1. The molecule has 0 heterocycles. The zero-order valence-electron chi connectivity index (χ0n) is 8.23. The Bertz CT molecular complexity index is 271. The van der Waals surface area contributed by atoms with Crippen LogP contribution in [0, 0.1) is 5.82 Å². The lowest BCUT2D eigenvalue weighted by Crippen LogP contribution is -2.01. The van der Waals surface area contributed by atoms with E-state index in [1.165, 1.54) is 11.6 Å². The average molecular weight is 181 g/mol. The lowest BCUT2D eigenvalue weighted by molar-refractivity contribution is 0.627. The molecule has 0 atom stereocenters. The van der Waals surface area contributed by atoms with Gasteiger partial charge < -0.3 is 5.32 Å². The van der Waals surface area contributed by atoms with E-state index in [0.717, 1.165) is 25.1 Å². The number of anilines is 1. The van der Waals surface area contributed by atoms with Crippen molar-refractivity contribution in [1.29, 1.82) is 0 Å². The van der Waals surface area contributed by atoms with Crippen LogP contribution in [0.4, 0.5) is 10.1 Å². The fraction of sp³-hybridized carbons (Fsp3) is 0.455. The van der Waals surface area contributed by atoms with Gasteiger partial charge in [-0.3, -0.25) is 0 Å². The number of rotatable bonds is 4. The van der Waals surface area contributed by atoms with Crippen molar-refractivity contribution in [2.75, 3.05) is 11.9 Å². The summed E-state index contributed by atoms with van der Waals surface area (Å²) < 4.78 is 12.9. The minimum atomic E-state index is -0.171. The van der Waals surface area contributed by atoms with Gasteiger partial charge in [0.2, 0.25) is 0 Å². The molecule has 0 aliphatic carbocycles. The van der Waals surface area contributed by atoms with Crippen LogP contribution >= 0.6 is 0 Å². The Balaban J connectivity index is 2.89. The summed E-state index contributed by atoms with van der Waals surface area (Å²) in [6.45, 7) is 4.97. The summed E-state index contributed by atoms with van der Waals surface area (Å²) in [5.74, 6) is -0.171. The van der Waals surface area contributed by atoms with Gasteiger partial charge in [-0.25, -0.2) is 4.39 Å². The maximum absolute atomic E-state index is 12.9. The summed E-state index contributed by atoms with van der Waals surface area (Å²) in [7, 11) is 0. The van der Waals surface area contributed by atoms with Crippen LogP contribution in [0.25, 0.3) is 0 Å². The van der Waals surface area contributed by atoms with Crippen molar-refractivity contribution in [3.8, 4) is 0 Å². The summed E-state index contributed by atoms with van der Waals surface area (Å²) >= 11 is 0. The normalized spacial score (nSPS) is 10.1. The van der Waals surface area contributed by atoms with Crippen LogP contribution in [0.5, 0.6) is 0 Å². The van der Waals surface area contributed by atoms with Gasteiger partial charge in [-0.2, -0.15) is 0 Å². The minimum absolute atomic E-state index is 0.171. The average Bonchev–Trinajstić information content (AvgIpc) is 2.10. The largest absolute Gasteiger partial charge is 0.385 e. The molecule has 0 amide bonds. The fourth-order valence-corrected chi connectivity index (χ4v) is 1.39. The molecule has 0 bridgehead atoms. The quantitative estimate of drug-likeness (QED) is 0.752. The molecule has 1 aromatic carbocycles. The first-order valence-corrected chi connectivity index (χ1v) is 4.80. The molecule has 0 aliphatic heterocycles. The van der Waals surface area contributed by atoms with E-state index in [1.54, 1.807) is 6.07 Å². The molecule has 1 N–H and O–H groups in total. The van der Waals surface area contributed by atoms with Crippen LogP contribution in [0.2, 0.25) is 0 Å². The van der Waals surface area contributed by atoms with E-state index >= 15 is 0 Å². The van der Waals surface area contributed by atoms with Gasteiger partial charge in [-0.15, -0.1) is 0 Å². The van der Waals surface area contributed by atoms with Crippen molar-refractivity contribution in [2.45, 2.75) is 26.7 Å². The van der Waals surface area contributed by atoms with Gasteiger partial charge >= 0.3 is 0 Å². The first-order valence-electron chi connectivity index (χ1n) is 4.80. The topological polar surface area (TPSA) is 12.0 Å². The molecule has 0 spiro atoms. The molecular formula is C11H16FN. The van der Waals surface area contributed by atoms with E-state index in [1.807, 2.05) is 13.0 Å². The molecule has 1 aromatic rings. The molecule has 0 unspecified atom stereocenters. The zero-order chi connectivity index (χ0) is 9.68. The van der Waals surface area contributed by atoms with Crippen molar-refractivity contribution in [2.24, 2.45) is 0 Å². The summed E-state index contributed by atoms with van der Waals surface area (Å²) in [5, 5.41) is 3.16. The number of aryl methyl sites for hydroxylation is 1. The first-order chi connectivity index (χ1) is 6.27. The van der Waals surface area contributed by atoms with Crippen LogP contribution in [-0.4, -0.2) is 6.54 Å². The highest BCUT2D eigenvalue weighted by Crippen LogP contribution is 2.18. The maximum Gasteiger partial charge on any atom is 0.125 e. The molecule has 1 rings (SSSR count). The summed E-state index contributed by atoms with van der Waals surface area (Å²) in [6, 6.07) is 4.94. The van der Waals surface area contributed by atoms with Crippen LogP contribution in [0.3, 0.4) is 0 Å². The number of hydrogen-bond donors (Lipinski definition) is 1.